The number of rotatable bonds is 16. The van der Waals surface area contributed by atoms with E-state index in [0.29, 0.717) is 58.2 Å². The molecule has 2 aromatic heterocycles. The Balaban J connectivity index is 0.000000189. The average molecular weight is 1010 g/mol. The molecule has 2 aliphatic carbocycles. The number of nitrogens with one attached hydrogen (secondary N) is 2. The third kappa shape index (κ3) is 11.9. The summed E-state index contributed by atoms with van der Waals surface area (Å²) in [6.45, 7) is 3.12. The van der Waals surface area contributed by atoms with Crippen molar-refractivity contribution in [3.63, 3.8) is 0 Å². The van der Waals surface area contributed by atoms with Crippen LogP contribution in [0.2, 0.25) is 0 Å². The lowest BCUT2D eigenvalue weighted by Crippen LogP contribution is -2.14. The Labute approximate surface area is 394 Å². The number of imidazole rings is 2. The number of fused-ring (bicyclic) bond motifs is 2. The van der Waals surface area contributed by atoms with Crippen LogP contribution in [0.25, 0.3) is 33.4 Å². The summed E-state index contributed by atoms with van der Waals surface area (Å²) in [5.74, 6) is -1.30. The molecule has 356 valence electrons. The lowest BCUT2D eigenvalue weighted by molar-refractivity contribution is -0.132. The van der Waals surface area contributed by atoms with Gasteiger partial charge in [0.2, 0.25) is 5.82 Å². The van der Waals surface area contributed by atoms with Gasteiger partial charge in [0.05, 0.1) is 35.2 Å². The summed E-state index contributed by atoms with van der Waals surface area (Å²) < 4.78 is 114. The number of Topliss-reactive ketones (excluding diaryl/α,β-unsaturated/α-hetero) is 2. The number of aromatic nitrogens is 4. The highest BCUT2D eigenvalue weighted by atomic mass is 79.9. The number of carbonyl (C=O) groups is 2. The molecule has 0 saturated heterocycles. The van der Waals surface area contributed by atoms with Crippen LogP contribution in [0.4, 0.5) is 46.5 Å². The first-order chi connectivity index (χ1) is 32.3. The van der Waals surface area contributed by atoms with Crippen LogP contribution in [-0.2, 0) is 0 Å². The minimum absolute atomic E-state index is 0.0752. The molecule has 68 heavy (non-hydrogen) atoms. The average Bonchev–Trinajstić information content (AvgIpc) is 4.18. The first-order valence-corrected chi connectivity index (χ1v) is 22.8. The van der Waals surface area contributed by atoms with E-state index in [1.165, 1.54) is 24.5 Å². The second-order valence-corrected chi connectivity index (χ2v) is 18.2. The molecule has 2 aliphatic rings. The zero-order valence-electron chi connectivity index (χ0n) is 36.8. The third-order valence-electron chi connectivity index (χ3n) is 11.8. The molecule has 9 nitrogen and oxygen atoms in total. The Hall–Kier alpha value is -6.30. The molecule has 2 saturated carbocycles. The molecule has 0 unspecified atom stereocenters. The Bertz CT molecular complexity index is 3010. The van der Waals surface area contributed by atoms with Gasteiger partial charge in [0.25, 0.3) is 0 Å². The van der Waals surface area contributed by atoms with Crippen molar-refractivity contribution in [2.45, 2.75) is 77.6 Å². The largest absolute Gasteiger partial charge is 0.454 e. The summed E-state index contributed by atoms with van der Waals surface area (Å²) >= 11 is 3.43. The van der Waals surface area contributed by atoms with E-state index in [4.69, 9.17) is 4.74 Å². The number of hydrogen-bond acceptors (Lipinski definition) is 7. The van der Waals surface area contributed by atoms with Gasteiger partial charge in [-0.3, -0.25) is 18.7 Å². The lowest BCUT2D eigenvalue weighted by atomic mass is 10.0. The van der Waals surface area contributed by atoms with Gasteiger partial charge >= 0.3 is 12.4 Å². The molecule has 0 radical (unpaired) electrons. The number of alkyl halides is 6. The SMILES string of the molecule is Cc1cc(-n2cnc3c(NCCC(F)(F)F)cc(Br)cc32)ccc1C(=O)CC1CC1.Cc1cc(-n2cnc3c(NCCC(F)(F)F)cc(Oc4cccc(F)c4F)cc32)ccc1C(=O)CC1CC1. The third-order valence-corrected chi connectivity index (χ3v) is 12.2. The van der Waals surface area contributed by atoms with E-state index in [1.54, 1.807) is 35.2 Å². The van der Waals surface area contributed by atoms with Crippen molar-refractivity contribution in [2.24, 2.45) is 11.8 Å². The van der Waals surface area contributed by atoms with E-state index in [1.807, 2.05) is 48.7 Å². The number of ether oxygens (including phenoxy) is 1. The Morgan fingerprint density at radius 2 is 1.16 bits per heavy atom. The van der Waals surface area contributed by atoms with Crippen molar-refractivity contribution in [3.8, 4) is 22.9 Å². The number of anilines is 2. The van der Waals surface area contributed by atoms with Gasteiger partial charge in [-0.1, -0.05) is 22.0 Å². The van der Waals surface area contributed by atoms with E-state index < -0.39 is 43.4 Å². The molecule has 18 heteroatoms. The Morgan fingerprint density at radius 3 is 1.63 bits per heavy atom. The number of carbonyl (C=O) groups excluding carboxylic acids is 2. The second kappa shape index (κ2) is 19.7. The molecule has 7 aromatic rings. The summed E-state index contributed by atoms with van der Waals surface area (Å²) in [6.07, 6.45) is -1.86. The maximum atomic E-state index is 14.3. The van der Waals surface area contributed by atoms with Crippen LogP contribution in [0.15, 0.2) is 96.0 Å². The van der Waals surface area contributed by atoms with Crippen LogP contribution < -0.4 is 15.4 Å². The normalized spacial score (nSPS) is 13.9. The van der Waals surface area contributed by atoms with E-state index >= 15 is 0 Å². The summed E-state index contributed by atoms with van der Waals surface area (Å²) in [5.41, 5.74) is 7.54. The molecular weight excluding hydrogens is 964 g/mol. The zero-order valence-corrected chi connectivity index (χ0v) is 38.4. The fourth-order valence-corrected chi connectivity index (χ4v) is 8.33. The van der Waals surface area contributed by atoms with Crippen molar-refractivity contribution in [1.29, 1.82) is 0 Å². The molecule has 0 aliphatic heterocycles. The van der Waals surface area contributed by atoms with Gasteiger partial charge < -0.3 is 15.4 Å². The summed E-state index contributed by atoms with van der Waals surface area (Å²) in [5, 5.41) is 5.57. The first-order valence-electron chi connectivity index (χ1n) is 22.0. The molecule has 0 bridgehead atoms. The predicted molar refractivity (Wildman–Crippen MR) is 247 cm³/mol. The molecule has 2 heterocycles. The van der Waals surface area contributed by atoms with Gasteiger partial charge in [0.1, 0.15) is 29.4 Å². The monoisotopic (exact) mass is 1010 g/mol. The molecule has 0 amide bonds. The van der Waals surface area contributed by atoms with E-state index in [-0.39, 0.29) is 35.3 Å². The number of halogens is 9. The molecule has 2 fully saturated rings. The van der Waals surface area contributed by atoms with Crippen molar-refractivity contribution in [2.75, 3.05) is 23.7 Å². The Morgan fingerprint density at radius 1 is 0.676 bits per heavy atom. The smallest absolute Gasteiger partial charge is 0.390 e. The highest BCUT2D eigenvalue weighted by Crippen LogP contribution is 2.38. The molecule has 0 atom stereocenters. The molecule has 5 aromatic carbocycles. The highest BCUT2D eigenvalue weighted by molar-refractivity contribution is 9.10. The van der Waals surface area contributed by atoms with Crippen LogP contribution >= 0.6 is 15.9 Å². The minimum Gasteiger partial charge on any atom is -0.454 e. The summed E-state index contributed by atoms with van der Waals surface area (Å²) in [6, 6.07) is 21.0. The number of hydrogen-bond donors (Lipinski definition) is 2. The standard InChI is InChI=1S/C28H24F5N3O2.C22H21BrF3N3O/c1-16-11-18(7-8-20(16)24(37)12-17-5-6-17)36-15-35-27-22(34-10-9-28(31,32)33)13-19(14-23(27)36)38-25-4-2-3-21(29)26(25)30;1-13-8-16(4-5-17(13)20(30)9-14-2-3-14)29-12-28-21-18(10-15(23)11-19(21)29)27-7-6-22(24,25)26/h2-4,7-8,11,13-15,17,34H,5-6,9-10,12H2,1H3;4-5,8,10-12,14,27H,2-3,6-7,9H2,1H3. The van der Waals surface area contributed by atoms with Crippen molar-refractivity contribution >= 4 is 60.9 Å². The first kappa shape index (κ1) is 48.2. The van der Waals surface area contributed by atoms with E-state index in [9.17, 15) is 44.7 Å². The van der Waals surface area contributed by atoms with Crippen LogP contribution in [0.3, 0.4) is 0 Å². The zero-order chi connectivity index (χ0) is 48.5. The van der Waals surface area contributed by atoms with Gasteiger partial charge in [0.15, 0.2) is 23.1 Å². The quantitative estimate of drug-likeness (QED) is 0.0734. The van der Waals surface area contributed by atoms with Crippen LogP contribution in [0.1, 0.15) is 83.2 Å². The molecule has 2 N–H and O–H groups in total. The topological polar surface area (TPSA) is 103 Å². The van der Waals surface area contributed by atoms with Gasteiger partial charge in [-0.2, -0.15) is 30.7 Å². The number of nitrogens with zero attached hydrogens (tertiary/aromatic N) is 4. The molecular formula is C50H45BrF8N6O3. The van der Waals surface area contributed by atoms with Crippen LogP contribution in [0, 0.1) is 37.3 Å². The summed E-state index contributed by atoms with van der Waals surface area (Å²) in [4.78, 5) is 33.9. The van der Waals surface area contributed by atoms with Gasteiger partial charge in [0, 0.05) is 65.0 Å². The van der Waals surface area contributed by atoms with Gasteiger partial charge in [-0.05, 0) is 123 Å². The number of benzene rings is 5. The van der Waals surface area contributed by atoms with E-state index in [2.05, 4.69) is 36.5 Å². The van der Waals surface area contributed by atoms with Gasteiger partial charge in [-0.25, -0.2) is 14.4 Å². The fraction of sp³-hybridized carbons (Fsp3) is 0.320. The van der Waals surface area contributed by atoms with Gasteiger partial charge in [-0.15, -0.1) is 0 Å². The predicted octanol–water partition coefficient (Wildman–Crippen LogP) is 14.2. The van der Waals surface area contributed by atoms with Crippen LogP contribution in [0.5, 0.6) is 11.5 Å². The molecule has 0 spiro atoms. The summed E-state index contributed by atoms with van der Waals surface area (Å²) in [7, 11) is 0. The van der Waals surface area contributed by atoms with Crippen LogP contribution in [-0.4, -0.2) is 56.1 Å². The lowest BCUT2D eigenvalue weighted by Gasteiger charge is -2.14. The van der Waals surface area contributed by atoms with E-state index in [0.717, 1.165) is 64.1 Å². The van der Waals surface area contributed by atoms with Crippen molar-refractivity contribution in [3.05, 3.63) is 130 Å². The Kier molecular flexibility index (Phi) is 14.0. The number of ketones is 2. The van der Waals surface area contributed by atoms with Crippen molar-refractivity contribution in [1.82, 2.24) is 19.1 Å². The fourth-order valence-electron chi connectivity index (χ4n) is 7.89. The maximum absolute atomic E-state index is 14.3. The second-order valence-electron chi connectivity index (χ2n) is 17.3. The minimum atomic E-state index is -4.36. The maximum Gasteiger partial charge on any atom is 0.390 e. The molecule has 9 rings (SSSR count). The number of aryl methyl sites for hydroxylation is 2. The van der Waals surface area contributed by atoms with Crippen molar-refractivity contribution < 1.29 is 49.4 Å². The highest BCUT2D eigenvalue weighted by Gasteiger charge is 2.29.